The monoisotopic (exact) mass is 414 g/mol. The van der Waals surface area contributed by atoms with Crippen LogP contribution in [-0.4, -0.2) is 65.9 Å². The summed E-state index contributed by atoms with van der Waals surface area (Å²) in [6, 6.07) is 6.91. The van der Waals surface area contributed by atoms with Gasteiger partial charge in [0, 0.05) is 37.8 Å². The van der Waals surface area contributed by atoms with Crippen LogP contribution in [0, 0.1) is 12.8 Å². The Morgan fingerprint density at radius 3 is 2.17 bits per heavy atom. The number of benzene rings is 1. The number of carbonyl (C=O) groups excluding carboxylic acids is 3. The minimum absolute atomic E-state index is 0.0134. The Morgan fingerprint density at radius 2 is 1.57 bits per heavy atom. The molecule has 4 amide bonds. The minimum atomic E-state index is -0.550. The van der Waals surface area contributed by atoms with E-state index in [9.17, 15) is 14.4 Å². The van der Waals surface area contributed by atoms with E-state index in [1.807, 2.05) is 43.9 Å². The summed E-state index contributed by atoms with van der Waals surface area (Å²) in [6.07, 6.45) is 3.42. The lowest BCUT2D eigenvalue weighted by Crippen LogP contribution is -2.55. The fourth-order valence-corrected chi connectivity index (χ4v) is 4.34. The van der Waals surface area contributed by atoms with Crippen molar-refractivity contribution >= 4 is 17.8 Å². The SMILES string of the molecule is Cc1ccccc1C(=O)N[C@H](C(=O)N1CCCC1)C1CCN(C(=O)NC(C)C)CC1. The van der Waals surface area contributed by atoms with Crippen molar-refractivity contribution in [2.45, 2.75) is 58.5 Å². The van der Waals surface area contributed by atoms with Crippen molar-refractivity contribution in [2.24, 2.45) is 5.92 Å². The molecule has 3 rings (SSSR count). The highest BCUT2D eigenvalue weighted by Gasteiger charge is 2.37. The predicted octanol–water partition coefficient (Wildman–Crippen LogP) is 2.55. The van der Waals surface area contributed by atoms with Gasteiger partial charge in [-0.25, -0.2) is 4.79 Å². The molecule has 0 saturated carbocycles. The van der Waals surface area contributed by atoms with E-state index in [1.54, 1.807) is 11.0 Å². The molecular formula is C23H34N4O3. The summed E-state index contributed by atoms with van der Waals surface area (Å²) in [4.78, 5) is 42.2. The van der Waals surface area contributed by atoms with E-state index in [0.717, 1.165) is 31.5 Å². The molecule has 0 aromatic heterocycles. The van der Waals surface area contributed by atoms with E-state index in [0.29, 0.717) is 31.5 Å². The second-order valence-corrected chi connectivity index (χ2v) is 8.73. The maximum atomic E-state index is 13.3. The highest BCUT2D eigenvalue weighted by atomic mass is 16.2. The minimum Gasteiger partial charge on any atom is -0.341 e. The molecule has 164 valence electrons. The normalized spacial score (nSPS) is 18.4. The van der Waals surface area contributed by atoms with Crippen molar-refractivity contribution in [3.63, 3.8) is 0 Å². The van der Waals surface area contributed by atoms with Gasteiger partial charge in [-0.15, -0.1) is 0 Å². The first-order valence-corrected chi connectivity index (χ1v) is 11.1. The molecule has 7 heteroatoms. The maximum absolute atomic E-state index is 13.3. The van der Waals surface area contributed by atoms with Crippen molar-refractivity contribution in [3.05, 3.63) is 35.4 Å². The number of rotatable bonds is 5. The molecule has 2 saturated heterocycles. The molecule has 2 heterocycles. The third-order valence-electron chi connectivity index (χ3n) is 6.07. The summed E-state index contributed by atoms with van der Waals surface area (Å²) < 4.78 is 0. The molecule has 0 aliphatic carbocycles. The number of piperidine rings is 1. The van der Waals surface area contributed by atoms with Crippen LogP contribution in [0.25, 0.3) is 0 Å². The Kier molecular flexibility index (Phi) is 7.34. The zero-order chi connectivity index (χ0) is 21.7. The van der Waals surface area contributed by atoms with E-state index in [2.05, 4.69) is 10.6 Å². The molecular weight excluding hydrogens is 380 g/mol. The van der Waals surface area contributed by atoms with Crippen LogP contribution in [-0.2, 0) is 4.79 Å². The first-order valence-electron chi connectivity index (χ1n) is 11.1. The van der Waals surface area contributed by atoms with Crippen molar-refractivity contribution in [1.82, 2.24) is 20.4 Å². The zero-order valence-electron chi connectivity index (χ0n) is 18.3. The van der Waals surface area contributed by atoms with E-state index in [-0.39, 0.29) is 29.8 Å². The van der Waals surface area contributed by atoms with E-state index < -0.39 is 6.04 Å². The number of hydrogen-bond acceptors (Lipinski definition) is 3. The molecule has 2 N–H and O–H groups in total. The summed E-state index contributed by atoms with van der Waals surface area (Å²) >= 11 is 0. The van der Waals surface area contributed by atoms with Crippen LogP contribution in [0.2, 0.25) is 0 Å². The van der Waals surface area contributed by atoms with Gasteiger partial charge in [0.25, 0.3) is 5.91 Å². The molecule has 0 bridgehead atoms. The highest BCUT2D eigenvalue weighted by Crippen LogP contribution is 2.24. The third-order valence-corrected chi connectivity index (χ3v) is 6.07. The number of amides is 4. The predicted molar refractivity (Wildman–Crippen MR) is 116 cm³/mol. The van der Waals surface area contributed by atoms with Gasteiger partial charge < -0.3 is 20.4 Å². The van der Waals surface area contributed by atoms with Crippen LogP contribution in [0.15, 0.2) is 24.3 Å². The van der Waals surface area contributed by atoms with Crippen LogP contribution in [0.5, 0.6) is 0 Å². The Hall–Kier alpha value is -2.57. The summed E-state index contributed by atoms with van der Waals surface area (Å²) in [5.41, 5.74) is 1.49. The topological polar surface area (TPSA) is 81.8 Å². The van der Waals surface area contributed by atoms with Crippen LogP contribution < -0.4 is 10.6 Å². The van der Waals surface area contributed by atoms with Crippen molar-refractivity contribution in [1.29, 1.82) is 0 Å². The molecule has 2 aliphatic heterocycles. The second kappa shape index (κ2) is 9.96. The van der Waals surface area contributed by atoms with Gasteiger partial charge >= 0.3 is 6.03 Å². The Labute approximate surface area is 179 Å². The standard InChI is InChI=1S/C23H34N4O3/c1-16(2)24-23(30)27-14-10-18(11-15-27)20(22(29)26-12-6-7-13-26)25-21(28)19-9-5-4-8-17(19)3/h4-5,8-9,16,18,20H,6-7,10-15H2,1-3H3,(H,24,30)(H,25,28)/t20-/m0/s1. The second-order valence-electron chi connectivity index (χ2n) is 8.73. The fraction of sp³-hybridized carbons (Fsp3) is 0.609. The van der Waals surface area contributed by atoms with Gasteiger partial charge in [-0.05, 0) is 64.0 Å². The smallest absolute Gasteiger partial charge is 0.317 e. The van der Waals surface area contributed by atoms with Crippen LogP contribution in [0.1, 0.15) is 55.5 Å². The van der Waals surface area contributed by atoms with Crippen LogP contribution in [0.4, 0.5) is 4.79 Å². The van der Waals surface area contributed by atoms with Gasteiger partial charge in [0.1, 0.15) is 6.04 Å². The lowest BCUT2D eigenvalue weighted by molar-refractivity contribution is -0.134. The molecule has 30 heavy (non-hydrogen) atoms. The van der Waals surface area contributed by atoms with Crippen molar-refractivity contribution < 1.29 is 14.4 Å². The first kappa shape index (κ1) is 22.1. The summed E-state index contributed by atoms with van der Waals surface area (Å²) in [5, 5.41) is 5.97. The van der Waals surface area contributed by atoms with Gasteiger partial charge in [-0.2, -0.15) is 0 Å². The van der Waals surface area contributed by atoms with Gasteiger partial charge in [0.15, 0.2) is 0 Å². The van der Waals surface area contributed by atoms with Crippen LogP contribution in [0.3, 0.4) is 0 Å². The first-order chi connectivity index (χ1) is 14.4. The number of carbonyl (C=O) groups is 3. The van der Waals surface area contributed by atoms with E-state index >= 15 is 0 Å². The molecule has 0 spiro atoms. The number of hydrogen-bond donors (Lipinski definition) is 2. The highest BCUT2D eigenvalue weighted by molar-refractivity contribution is 5.98. The van der Waals surface area contributed by atoms with Gasteiger partial charge in [0.2, 0.25) is 5.91 Å². The van der Waals surface area contributed by atoms with Crippen LogP contribution >= 0.6 is 0 Å². The van der Waals surface area contributed by atoms with Crippen molar-refractivity contribution in [3.8, 4) is 0 Å². The number of aryl methyl sites for hydroxylation is 1. The average Bonchev–Trinajstić information content (AvgIpc) is 3.26. The van der Waals surface area contributed by atoms with E-state index in [1.165, 1.54) is 0 Å². The Bertz CT molecular complexity index is 765. The Balaban J connectivity index is 1.70. The van der Waals surface area contributed by atoms with Crippen molar-refractivity contribution in [2.75, 3.05) is 26.2 Å². The molecule has 1 aromatic rings. The number of nitrogens with one attached hydrogen (secondary N) is 2. The number of urea groups is 1. The molecule has 1 aromatic carbocycles. The molecule has 7 nitrogen and oxygen atoms in total. The number of nitrogens with zero attached hydrogens (tertiary/aromatic N) is 2. The van der Waals surface area contributed by atoms with Gasteiger partial charge in [0.05, 0.1) is 0 Å². The summed E-state index contributed by atoms with van der Waals surface area (Å²) in [7, 11) is 0. The maximum Gasteiger partial charge on any atom is 0.317 e. The molecule has 2 fully saturated rings. The zero-order valence-corrected chi connectivity index (χ0v) is 18.3. The van der Waals surface area contributed by atoms with Gasteiger partial charge in [-0.3, -0.25) is 9.59 Å². The number of likely N-dealkylation sites (tertiary alicyclic amines) is 2. The molecule has 0 unspecified atom stereocenters. The summed E-state index contributed by atoms with van der Waals surface area (Å²) in [5.74, 6) is -0.167. The molecule has 1 atom stereocenters. The molecule has 2 aliphatic rings. The largest absolute Gasteiger partial charge is 0.341 e. The quantitative estimate of drug-likeness (QED) is 0.777. The lowest BCUT2D eigenvalue weighted by atomic mass is 9.88. The average molecular weight is 415 g/mol. The molecule has 0 radical (unpaired) electrons. The summed E-state index contributed by atoms with van der Waals surface area (Å²) in [6.45, 7) is 8.47. The third kappa shape index (κ3) is 5.32. The lowest BCUT2D eigenvalue weighted by Gasteiger charge is -2.37. The fourth-order valence-electron chi connectivity index (χ4n) is 4.34. The van der Waals surface area contributed by atoms with E-state index in [4.69, 9.17) is 0 Å². The van der Waals surface area contributed by atoms with Gasteiger partial charge in [-0.1, -0.05) is 18.2 Å². The Morgan fingerprint density at radius 1 is 0.933 bits per heavy atom.